The van der Waals surface area contributed by atoms with Gasteiger partial charge in [-0.25, -0.2) is 4.79 Å². The topological polar surface area (TPSA) is 35.5 Å². The number of carbonyl (C=O) groups is 1. The number of unbranched alkanes of at least 4 members (excludes halogenated alkanes) is 12. The summed E-state index contributed by atoms with van der Waals surface area (Å²) < 4.78 is 10.9. The van der Waals surface area contributed by atoms with E-state index in [2.05, 4.69) is 13.8 Å². The molecule has 0 radical (unpaired) electrons. The predicted octanol–water partition coefficient (Wildman–Crippen LogP) is 8.75. The quantitative estimate of drug-likeness (QED) is 0.153. The van der Waals surface area contributed by atoms with Crippen molar-refractivity contribution in [1.29, 1.82) is 0 Å². The first kappa shape index (κ1) is 27.5. The molecule has 0 unspecified atom stereocenters. The summed E-state index contributed by atoms with van der Waals surface area (Å²) in [6, 6.07) is 7.27. The molecule has 0 amide bonds. The average Bonchev–Trinajstić information content (AvgIpc) is 2.77. The van der Waals surface area contributed by atoms with Gasteiger partial charge in [0.25, 0.3) is 0 Å². The highest BCUT2D eigenvalue weighted by molar-refractivity contribution is 5.89. The molecule has 0 aromatic heterocycles. The largest absolute Gasteiger partial charge is 0.494 e. The zero-order chi connectivity index (χ0) is 22.6. The second-order valence-corrected chi connectivity index (χ2v) is 9.29. The standard InChI is InChI=1S/C28H48O3/c1-4-23-31-28(29)26-19-21-27(22-20-26)30-24-17-15-13-11-9-7-5-6-8-10-12-14-16-18-25(2)3/h19-22,25H,4-18,23-24H2,1-3H3. The zero-order valence-corrected chi connectivity index (χ0v) is 20.6. The van der Waals surface area contributed by atoms with Gasteiger partial charge in [0.1, 0.15) is 5.75 Å². The zero-order valence-electron chi connectivity index (χ0n) is 20.6. The van der Waals surface area contributed by atoms with Gasteiger partial charge in [-0.3, -0.25) is 0 Å². The van der Waals surface area contributed by atoms with Gasteiger partial charge in [-0.2, -0.15) is 0 Å². The number of rotatable bonds is 20. The summed E-state index contributed by atoms with van der Waals surface area (Å²) in [7, 11) is 0. The first-order chi connectivity index (χ1) is 15.1. The fourth-order valence-electron chi connectivity index (χ4n) is 3.75. The monoisotopic (exact) mass is 432 g/mol. The highest BCUT2D eigenvalue weighted by Gasteiger charge is 2.06. The van der Waals surface area contributed by atoms with E-state index in [1.54, 1.807) is 12.1 Å². The molecule has 0 saturated heterocycles. The second kappa shape index (κ2) is 19.2. The molecule has 178 valence electrons. The van der Waals surface area contributed by atoms with Crippen molar-refractivity contribution in [1.82, 2.24) is 0 Å². The summed E-state index contributed by atoms with van der Waals surface area (Å²) in [6.07, 6.45) is 20.0. The van der Waals surface area contributed by atoms with Crippen molar-refractivity contribution in [2.45, 2.75) is 117 Å². The van der Waals surface area contributed by atoms with Crippen LogP contribution in [0.1, 0.15) is 127 Å². The minimum atomic E-state index is -0.259. The molecular formula is C28H48O3. The summed E-state index contributed by atoms with van der Waals surface area (Å²) in [5.41, 5.74) is 0.586. The molecule has 3 nitrogen and oxygen atoms in total. The van der Waals surface area contributed by atoms with Crippen molar-refractivity contribution < 1.29 is 14.3 Å². The Balaban J connectivity index is 1.87. The molecule has 1 rings (SSSR count). The molecule has 0 fully saturated rings. The summed E-state index contributed by atoms with van der Waals surface area (Å²) in [5, 5.41) is 0. The molecular weight excluding hydrogens is 384 g/mol. The lowest BCUT2D eigenvalue weighted by molar-refractivity contribution is 0.0505. The Morgan fingerprint density at radius 1 is 0.710 bits per heavy atom. The van der Waals surface area contributed by atoms with Crippen molar-refractivity contribution in [2.75, 3.05) is 13.2 Å². The van der Waals surface area contributed by atoms with Crippen LogP contribution in [-0.4, -0.2) is 19.2 Å². The first-order valence-corrected chi connectivity index (χ1v) is 13.0. The number of carbonyl (C=O) groups excluding carboxylic acids is 1. The maximum atomic E-state index is 11.8. The summed E-state index contributed by atoms with van der Waals surface area (Å²) >= 11 is 0. The molecule has 0 heterocycles. The van der Waals surface area contributed by atoms with E-state index in [-0.39, 0.29) is 5.97 Å². The van der Waals surface area contributed by atoms with Crippen molar-refractivity contribution in [2.24, 2.45) is 5.92 Å². The Hall–Kier alpha value is -1.51. The van der Waals surface area contributed by atoms with Crippen LogP contribution in [0.3, 0.4) is 0 Å². The molecule has 3 heteroatoms. The van der Waals surface area contributed by atoms with Gasteiger partial charge in [0, 0.05) is 0 Å². The highest BCUT2D eigenvalue weighted by Crippen LogP contribution is 2.16. The van der Waals surface area contributed by atoms with Crippen LogP contribution in [0.15, 0.2) is 24.3 Å². The Labute approximate surface area is 192 Å². The highest BCUT2D eigenvalue weighted by atomic mass is 16.5. The predicted molar refractivity (Wildman–Crippen MR) is 132 cm³/mol. The number of hydrogen-bond acceptors (Lipinski definition) is 3. The Morgan fingerprint density at radius 2 is 1.19 bits per heavy atom. The number of hydrogen-bond donors (Lipinski definition) is 0. The SMILES string of the molecule is CCCOC(=O)c1ccc(OCCCCCCCCCCCCCCCC(C)C)cc1. The normalized spacial score (nSPS) is 11.1. The average molecular weight is 433 g/mol. The minimum absolute atomic E-state index is 0.259. The fraction of sp³-hybridized carbons (Fsp3) is 0.750. The molecule has 1 aromatic carbocycles. The molecule has 0 atom stereocenters. The Morgan fingerprint density at radius 3 is 1.68 bits per heavy atom. The molecule has 0 saturated carbocycles. The van der Waals surface area contributed by atoms with E-state index in [1.165, 1.54) is 83.5 Å². The van der Waals surface area contributed by atoms with Gasteiger partial charge < -0.3 is 9.47 Å². The Kier molecular flexibility index (Phi) is 17.0. The van der Waals surface area contributed by atoms with Crippen LogP contribution in [0.25, 0.3) is 0 Å². The third-order valence-corrected chi connectivity index (χ3v) is 5.72. The maximum Gasteiger partial charge on any atom is 0.338 e. The van der Waals surface area contributed by atoms with Gasteiger partial charge in [0.2, 0.25) is 0 Å². The molecule has 0 aliphatic heterocycles. The fourth-order valence-corrected chi connectivity index (χ4v) is 3.75. The summed E-state index contributed by atoms with van der Waals surface area (Å²) in [6.45, 7) is 7.85. The van der Waals surface area contributed by atoms with E-state index in [1.807, 2.05) is 19.1 Å². The summed E-state index contributed by atoms with van der Waals surface area (Å²) in [5.74, 6) is 1.44. The third-order valence-electron chi connectivity index (χ3n) is 5.72. The van der Waals surface area contributed by atoms with E-state index in [0.717, 1.165) is 31.1 Å². The van der Waals surface area contributed by atoms with Crippen molar-refractivity contribution >= 4 is 5.97 Å². The van der Waals surface area contributed by atoms with Crippen molar-refractivity contribution in [3.63, 3.8) is 0 Å². The Bertz CT molecular complexity index is 536. The number of ether oxygens (including phenoxy) is 2. The lowest BCUT2D eigenvalue weighted by Crippen LogP contribution is -2.05. The van der Waals surface area contributed by atoms with E-state index in [4.69, 9.17) is 9.47 Å². The van der Waals surface area contributed by atoms with Gasteiger partial charge in [-0.05, 0) is 43.0 Å². The van der Waals surface area contributed by atoms with E-state index in [0.29, 0.717) is 12.2 Å². The van der Waals surface area contributed by atoms with Gasteiger partial charge >= 0.3 is 5.97 Å². The molecule has 0 spiro atoms. The number of benzene rings is 1. The van der Waals surface area contributed by atoms with Crippen molar-refractivity contribution in [3.8, 4) is 5.75 Å². The van der Waals surface area contributed by atoms with Gasteiger partial charge in [0.15, 0.2) is 0 Å². The minimum Gasteiger partial charge on any atom is -0.494 e. The summed E-state index contributed by atoms with van der Waals surface area (Å²) in [4.78, 5) is 11.8. The molecule has 0 aliphatic rings. The van der Waals surface area contributed by atoms with Crippen LogP contribution < -0.4 is 4.74 Å². The molecule has 31 heavy (non-hydrogen) atoms. The van der Waals surface area contributed by atoms with E-state index < -0.39 is 0 Å². The van der Waals surface area contributed by atoms with Gasteiger partial charge in [-0.1, -0.05) is 104 Å². The van der Waals surface area contributed by atoms with Gasteiger partial charge in [0.05, 0.1) is 18.8 Å². The van der Waals surface area contributed by atoms with Crippen LogP contribution in [0.5, 0.6) is 5.75 Å². The van der Waals surface area contributed by atoms with Crippen LogP contribution >= 0.6 is 0 Å². The molecule has 0 N–H and O–H groups in total. The van der Waals surface area contributed by atoms with Crippen molar-refractivity contribution in [3.05, 3.63) is 29.8 Å². The van der Waals surface area contributed by atoms with Gasteiger partial charge in [-0.15, -0.1) is 0 Å². The van der Waals surface area contributed by atoms with Crippen LogP contribution in [0, 0.1) is 5.92 Å². The van der Waals surface area contributed by atoms with Crippen LogP contribution in [0.4, 0.5) is 0 Å². The van der Waals surface area contributed by atoms with Crippen LogP contribution in [-0.2, 0) is 4.74 Å². The third kappa shape index (κ3) is 15.9. The van der Waals surface area contributed by atoms with Crippen LogP contribution in [0.2, 0.25) is 0 Å². The second-order valence-electron chi connectivity index (χ2n) is 9.29. The lowest BCUT2D eigenvalue weighted by Gasteiger charge is -2.07. The molecule has 0 aliphatic carbocycles. The first-order valence-electron chi connectivity index (χ1n) is 13.0. The van der Waals surface area contributed by atoms with E-state index >= 15 is 0 Å². The molecule has 0 bridgehead atoms. The lowest BCUT2D eigenvalue weighted by atomic mass is 10.0. The number of esters is 1. The van der Waals surface area contributed by atoms with E-state index in [9.17, 15) is 4.79 Å². The maximum absolute atomic E-state index is 11.8. The smallest absolute Gasteiger partial charge is 0.338 e. The molecule has 1 aromatic rings.